The van der Waals surface area contributed by atoms with Crippen LogP contribution in [0.2, 0.25) is 0 Å². The third-order valence-electron chi connectivity index (χ3n) is 4.14. The van der Waals surface area contributed by atoms with Gasteiger partial charge in [0.25, 0.3) is 0 Å². The molecule has 0 amide bonds. The third-order valence-corrected chi connectivity index (χ3v) is 4.14. The fourth-order valence-corrected chi connectivity index (χ4v) is 2.54. The zero-order valence-corrected chi connectivity index (χ0v) is 16.3. The molecule has 26 heavy (non-hydrogen) atoms. The van der Waals surface area contributed by atoms with E-state index in [1.54, 1.807) is 0 Å². The molecule has 0 bridgehead atoms. The number of aliphatic hydroxyl groups is 2. The number of rotatable bonds is 19. The minimum absolute atomic E-state index is 0.198. The van der Waals surface area contributed by atoms with E-state index in [-0.39, 0.29) is 25.2 Å². The molecule has 0 aliphatic heterocycles. The van der Waals surface area contributed by atoms with E-state index in [1.165, 1.54) is 0 Å². The van der Waals surface area contributed by atoms with Crippen LogP contribution in [0.15, 0.2) is 0 Å². The molecule has 0 radical (unpaired) electrons. The minimum Gasteiger partial charge on any atom is -0.466 e. The van der Waals surface area contributed by atoms with Gasteiger partial charge in [0.05, 0.1) is 13.2 Å². The molecule has 0 atom stereocenters. The van der Waals surface area contributed by atoms with Crippen molar-refractivity contribution in [1.29, 1.82) is 0 Å². The normalized spacial score (nSPS) is 10.7. The zero-order chi connectivity index (χ0) is 19.3. The molecular formula is C20H38O6. The lowest BCUT2D eigenvalue weighted by atomic mass is 10.1. The van der Waals surface area contributed by atoms with E-state index >= 15 is 0 Å². The highest BCUT2D eigenvalue weighted by Gasteiger charge is 2.06. The fourth-order valence-electron chi connectivity index (χ4n) is 2.54. The van der Waals surface area contributed by atoms with Crippen LogP contribution in [-0.2, 0) is 19.1 Å². The van der Waals surface area contributed by atoms with Crippen molar-refractivity contribution in [3.8, 4) is 0 Å². The van der Waals surface area contributed by atoms with Crippen LogP contribution in [0.25, 0.3) is 0 Å². The Balaban J connectivity index is 3.31. The van der Waals surface area contributed by atoms with Gasteiger partial charge in [-0.15, -0.1) is 0 Å². The van der Waals surface area contributed by atoms with E-state index in [0.29, 0.717) is 38.9 Å². The molecule has 0 aromatic rings. The van der Waals surface area contributed by atoms with E-state index in [0.717, 1.165) is 64.2 Å². The molecule has 0 spiro atoms. The highest BCUT2D eigenvalue weighted by Crippen LogP contribution is 2.07. The molecule has 154 valence electrons. The Morgan fingerprint density at radius 1 is 0.500 bits per heavy atom. The molecule has 6 nitrogen and oxygen atoms in total. The molecule has 6 heteroatoms. The van der Waals surface area contributed by atoms with Crippen molar-refractivity contribution in [3.05, 3.63) is 0 Å². The average molecular weight is 375 g/mol. The molecule has 0 aliphatic rings. The van der Waals surface area contributed by atoms with Gasteiger partial charge in [0.15, 0.2) is 0 Å². The van der Waals surface area contributed by atoms with E-state index in [1.807, 2.05) is 0 Å². The zero-order valence-electron chi connectivity index (χ0n) is 16.3. The van der Waals surface area contributed by atoms with Crippen LogP contribution >= 0.6 is 0 Å². The first-order valence-electron chi connectivity index (χ1n) is 10.2. The standard InChI is InChI=1S/C20H38O6/c21-15-9-3-1-5-11-17-25-19(23)13-7-8-14-20(24)26-18-12-6-2-4-10-16-22/h21-22H,1-18H2. The third kappa shape index (κ3) is 19.2. The van der Waals surface area contributed by atoms with Crippen molar-refractivity contribution in [2.75, 3.05) is 26.4 Å². The van der Waals surface area contributed by atoms with Crippen LogP contribution in [0.3, 0.4) is 0 Å². The number of hydrogen-bond donors (Lipinski definition) is 2. The maximum absolute atomic E-state index is 11.6. The van der Waals surface area contributed by atoms with Gasteiger partial charge in [-0.3, -0.25) is 9.59 Å². The Hall–Kier alpha value is -1.14. The summed E-state index contributed by atoms with van der Waals surface area (Å²) in [5.41, 5.74) is 0. The number of esters is 2. The van der Waals surface area contributed by atoms with E-state index in [2.05, 4.69) is 0 Å². The van der Waals surface area contributed by atoms with Crippen LogP contribution in [0, 0.1) is 0 Å². The summed E-state index contributed by atoms with van der Waals surface area (Å²) in [4.78, 5) is 23.1. The Morgan fingerprint density at radius 3 is 1.23 bits per heavy atom. The van der Waals surface area contributed by atoms with Gasteiger partial charge in [0, 0.05) is 26.1 Å². The second-order valence-electron chi connectivity index (χ2n) is 6.63. The summed E-state index contributed by atoms with van der Waals surface area (Å²) < 4.78 is 10.3. The van der Waals surface area contributed by atoms with Crippen molar-refractivity contribution < 1.29 is 29.3 Å². The summed E-state index contributed by atoms with van der Waals surface area (Å²) in [5.74, 6) is -0.395. The number of carbonyl (C=O) groups is 2. The molecule has 0 aliphatic carbocycles. The molecular weight excluding hydrogens is 336 g/mol. The maximum atomic E-state index is 11.6. The van der Waals surface area contributed by atoms with Crippen molar-refractivity contribution in [2.45, 2.75) is 89.9 Å². The number of hydrogen-bond acceptors (Lipinski definition) is 6. The quantitative estimate of drug-likeness (QED) is 0.265. The molecule has 0 fully saturated rings. The summed E-state index contributed by atoms with van der Waals surface area (Å²) in [5, 5.41) is 17.3. The van der Waals surface area contributed by atoms with Gasteiger partial charge in [-0.2, -0.15) is 0 Å². The SMILES string of the molecule is O=C(CCCCC(=O)OCCCCCCCO)OCCCCCCCO. The van der Waals surface area contributed by atoms with Crippen LogP contribution in [0.1, 0.15) is 89.9 Å². The molecule has 0 aromatic carbocycles. The van der Waals surface area contributed by atoms with Crippen molar-refractivity contribution in [2.24, 2.45) is 0 Å². The summed E-state index contributed by atoms with van der Waals surface area (Å²) in [6.07, 6.45) is 11.6. The molecule has 0 saturated heterocycles. The predicted molar refractivity (Wildman–Crippen MR) is 101 cm³/mol. The lowest BCUT2D eigenvalue weighted by molar-refractivity contribution is -0.146. The second-order valence-corrected chi connectivity index (χ2v) is 6.63. The van der Waals surface area contributed by atoms with Crippen LogP contribution in [-0.4, -0.2) is 48.6 Å². The van der Waals surface area contributed by atoms with E-state index < -0.39 is 0 Å². The smallest absolute Gasteiger partial charge is 0.305 e. The topological polar surface area (TPSA) is 93.1 Å². The Kier molecular flexibility index (Phi) is 19.3. The van der Waals surface area contributed by atoms with Crippen LogP contribution in [0.4, 0.5) is 0 Å². The Morgan fingerprint density at radius 2 is 0.846 bits per heavy atom. The highest BCUT2D eigenvalue weighted by molar-refractivity contribution is 5.70. The maximum Gasteiger partial charge on any atom is 0.305 e. The van der Waals surface area contributed by atoms with Crippen molar-refractivity contribution in [1.82, 2.24) is 0 Å². The largest absolute Gasteiger partial charge is 0.466 e. The highest BCUT2D eigenvalue weighted by atomic mass is 16.5. The van der Waals surface area contributed by atoms with Crippen LogP contribution < -0.4 is 0 Å². The van der Waals surface area contributed by atoms with Gasteiger partial charge in [0.2, 0.25) is 0 Å². The number of carbonyl (C=O) groups excluding carboxylic acids is 2. The van der Waals surface area contributed by atoms with Gasteiger partial charge >= 0.3 is 11.9 Å². The Labute approximate surface area is 158 Å². The number of unbranched alkanes of at least 4 members (excludes halogenated alkanes) is 9. The Bertz CT molecular complexity index is 300. The van der Waals surface area contributed by atoms with Gasteiger partial charge in [0.1, 0.15) is 0 Å². The van der Waals surface area contributed by atoms with Gasteiger partial charge in [-0.1, -0.05) is 38.5 Å². The summed E-state index contributed by atoms with van der Waals surface area (Å²) >= 11 is 0. The molecule has 0 heterocycles. The van der Waals surface area contributed by atoms with Gasteiger partial charge < -0.3 is 19.7 Å². The lowest BCUT2D eigenvalue weighted by Gasteiger charge is -2.06. The fraction of sp³-hybridized carbons (Fsp3) is 0.900. The second kappa shape index (κ2) is 20.2. The first kappa shape index (κ1) is 24.9. The number of ether oxygens (including phenoxy) is 2. The monoisotopic (exact) mass is 374 g/mol. The van der Waals surface area contributed by atoms with Gasteiger partial charge in [-0.25, -0.2) is 0 Å². The number of aliphatic hydroxyl groups excluding tert-OH is 2. The van der Waals surface area contributed by atoms with Crippen molar-refractivity contribution >= 4 is 11.9 Å². The minimum atomic E-state index is -0.198. The molecule has 0 aromatic heterocycles. The molecule has 2 N–H and O–H groups in total. The first-order valence-corrected chi connectivity index (χ1v) is 10.2. The van der Waals surface area contributed by atoms with Crippen LogP contribution in [0.5, 0.6) is 0 Å². The van der Waals surface area contributed by atoms with E-state index in [4.69, 9.17) is 19.7 Å². The molecule has 0 rings (SSSR count). The van der Waals surface area contributed by atoms with Gasteiger partial charge in [-0.05, 0) is 38.5 Å². The lowest BCUT2D eigenvalue weighted by Crippen LogP contribution is -2.08. The summed E-state index contributed by atoms with van der Waals surface area (Å²) in [6, 6.07) is 0. The first-order chi connectivity index (χ1) is 12.7. The molecule has 0 unspecified atom stereocenters. The summed E-state index contributed by atoms with van der Waals surface area (Å²) in [7, 11) is 0. The molecule has 0 saturated carbocycles. The summed E-state index contributed by atoms with van der Waals surface area (Å²) in [6.45, 7) is 1.40. The predicted octanol–water partition coefficient (Wildman–Crippen LogP) is 3.52. The van der Waals surface area contributed by atoms with E-state index in [9.17, 15) is 9.59 Å². The van der Waals surface area contributed by atoms with Crippen molar-refractivity contribution in [3.63, 3.8) is 0 Å². The average Bonchev–Trinajstić information content (AvgIpc) is 2.64.